The third kappa shape index (κ3) is 3.90. The molecule has 126 valence electrons. The van der Waals surface area contributed by atoms with Crippen LogP contribution < -0.4 is 5.32 Å². The van der Waals surface area contributed by atoms with Gasteiger partial charge in [0, 0.05) is 21.3 Å². The Hall–Kier alpha value is -2.63. The fraction of sp³-hybridized carbons (Fsp3) is 0.0556. The van der Waals surface area contributed by atoms with Gasteiger partial charge in [-0.25, -0.2) is 14.8 Å². The molecule has 3 rings (SSSR count). The molecule has 0 aliphatic heterocycles. The highest BCUT2D eigenvalue weighted by atomic mass is 35.5. The third-order valence-corrected chi connectivity index (χ3v) is 3.90. The summed E-state index contributed by atoms with van der Waals surface area (Å²) in [6.45, 7) is 1.63. The zero-order valence-electron chi connectivity index (χ0n) is 13.1. The predicted molar refractivity (Wildman–Crippen MR) is 98.9 cm³/mol. The van der Waals surface area contributed by atoms with Crippen LogP contribution in [-0.4, -0.2) is 21.0 Å². The van der Waals surface area contributed by atoms with Crippen molar-refractivity contribution in [2.75, 3.05) is 5.32 Å². The van der Waals surface area contributed by atoms with E-state index in [2.05, 4.69) is 15.3 Å². The van der Waals surface area contributed by atoms with E-state index in [9.17, 15) is 9.90 Å². The molecule has 2 N–H and O–H groups in total. The van der Waals surface area contributed by atoms with E-state index in [4.69, 9.17) is 23.2 Å². The summed E-state index contributed by atoms with van der Waals surface area (Å²) in [4.78, 5) is 20.4. The molecule has 0 saturated heterocycles. The van der Waals surface area contributed by atoms with Crippen LogP contribution in [-0.2, 0) is 0 Å². The Labute approximate surface area is 154 Å². The quantitative estimate of drug-likeness (QED) is 0.657. The van der Waals surface area contributed by atoms with Crippen molar-refractivity contribution in [1.29, 1.82) is 0 Å². The van der Waals surface area contributed by atoms with Gasteiger partial charge in [0.25, 0.3) is 0 Å². The number of carboxylic acid groups (broad SMARTS) is 1. The molecule has 0 unspecified atom stereocenters. The molecule has 0 atom stereocenters. The summed E-state index contributed by atoms with van der Waals surface area (Å²) >= 11 is 12.0. The summed E-state index contributed by atoms with van der Waals surface area (Å²) in [6.07, 6.45) is 0. The Bertz CT molecular complexity index is 926. The topological polar surface area (TPSA) is 75.1 Å². The average Bonchev–Trinajstić information content (AvgIpc) is 2.53. The minimum absolute atomic E-state index is 0.00391. The molecular weight excluding hydrogens is 361 g/mol. The first-order valence-corrected chi connectivity index (χ1v) is 8.10. The van der Waals surface area contributed by atoms with Crippen molar-refractivity contribution < 1.29 is 9.90 Å². The first-order valence-electron chi connectivity index (χ1n) is 7.34. The van der Waals surface area contributed by atoms with Crippen LogP contribution in [0.25, 0.3) is 11.4 Å². The lowest BCUT2D eigenvalue weighted by Gasteiger charge is -2.13. The maximum absolute atomic E-state index is 11.6. The molecule has 2 aromatic carbocycles. The standard InChI is InChI=1S/C18H13Cl2N3O2/c1-10-15(18(24)25)17(22-14-8-12(19)7-13(20)9-14)23-16(21-10)11-5-3-2-4-6-11/h2-9H,1H3,(H,24,25)(H,21,22,23). The van der Waals surface area contributed by atoms with Gasteiger partial charge in [-0.05, 0) is 25.1 Å². The Balaban J connectivity index is 2.12. The van der Waals surface area contributed by atoms with Gasteiger partial charge in [0.05, 0.1) is 5.69 Å². The Morgan fingerprint density at radius 2 is 1.68 bits per heavy atom. The predicted octanol–water partition coefficient (Wildman–Crippen LogP) is 5.20. The molecule has 0 radical (unpaired) electrons. The lowest BCUT2D eigenvalue weighted by molar-refractivity contribution is 0.0696. The monoisotopic (exact) mass is 373 g/mol. The molecule has 0 aliphatic rings. The number of hydrogen-bond donors (Lipinski definition) is 2. The lowest BCUT2D eigenvalue weighted by Crippen LogP contribution is -2.10. The number of hydrogen-bond acceptors (Lipinski definition) is 4. The number of aromatic nitrogens is 2. The number of aryl methyl sites for hydroxylation is 1. The molecule has 7 heteroatoms. The highest BCUT2D eigenvalue weighted by Crippen LogP contribution is 2.28. The number of benzene rings is 2. The zero-order valence-corrected chi connectivity index (χ0v) is 14.6. The SMILES string of the molecule is Cc1nc(-c2ccccc2)nc(Nc2cc(Cl)cc(Cl)c2)c1C(=O)O. The number of carboxylic acids is 1. The van der Waals surface area contributed by atoms with Crippen molar-refractivity contribution in [3.63, 3.8) is 0 Å². The van der Waals surface area contributed by atoms with Crippen LogP contribution in [0.1, 0.15) is 16.1 Å². The molecule has 25 heavy (non-hydrogen) atoms. The number of nitrogens with one attached hydrogen (secondary N) is 1. The maximum atomic E-state index is 11.6. The second-order valence-corrected chi connectivity index (χ2v) is 6.18. The van der Waals surface area contributed by atoms with E-state index in [1.165, 1.54) is 0 Å². The van der Waals surface area contributed by atoms with Crippen molar-refractivity contribution in [3.8, 4) is 11.4 Å². The third-order valence-electron chi connectivity index (χ3n) is 3.46. The molecule has 1 aromatic heterocycles. The molecule has 1 heterocycles. The van der Waals surface area contributed by atoms with E-state index in [-0.39, 0.29) is 11.4 Å². The van der Waals surface area contributed by atoms with Crippen molar-refractivity contribution in [3.05, 3.63) is 69.8 Å². The van der Waals surface area contributed by atoms with Crippen molar-refractivity contribution in [2.45, 2.75) is 6.92 Å². The number of rotatable bonds is 4. The van der Waals surface area contributed by atoms with Crippen LogP contribution in [0.3, 0.4) is 0 Å². The van der Waals surface area contributed by atoms with Gasteiger partial charge in [0.1, 0.15) is 11.4 Å². The smallest absolute Gasteiger partial charge is 0.341 e. The zero-order chi connectivity index (χ0) is 18.0. The van der Waals surface area contributed by atoms with Crippen LogP contribution in [0.2, 0.25) is 10.0 Å². The summed E-state index contributed by atoms with van der Waals surface area (Å²) in [7, 11) is 0. The number of nitrogens with zero attached hydrogens (tertiary/aromatic N) is 2. The molecule has 0 spiro atoms. The fourth-order valence-electron chi connectivity index (χ4n) is 2.40. The highest BCUT2D eigenvalue weighted by Gasteiger charge is 2.19. The van der Waals surface area contributed by atoms with E-state index in [1.807, 2.05) is 30.3 Å². The molecular formula is C18H13Cl2N3O2. The Morgan fingerprint density at radius 3 is 2.28 bits per heavy atom. The van der Waals surface area contributed by atoms with Crippen LogP contribution >= 0.6 is 23.2 Å². The summed E-state index contributed by atoms with van der Waals surface area (Å²) in [6, 6.07) is 14.2. The van der Waals surface area contributed by atoms with Gasteiger partial charge in [0.15, 0.2) is 5.82 Å². The largest absolute Gasteiger partial charge is 0.477 e. The molecule has 0 saturated carbocycles. The maximum Gasteiger partial charge on any atom is 0.341 e. The Morgan fingerprint density at radius 1 is 1.04 bits per heavy atom. The van der Waals surface area contributed by atoms with Crippen LogP contribution in [0.15, 0.2) is 48.5 Å². The van der Waals surface area contributed by atoms with Crippen LogP contribution in [0, 0.1) is 6.92 Å². The number of carbonyl (C=O) groups is 1. The van der Waals surface area contributed by atoms with Crippen molar-refractivity contribution in [2.24, 2.45) is 0 Å². The number of anilines is 2. The van der Waals surface area contributed by atoms with E-state index >= 15 is 0 Å². The average molecular weight is 374 g/mol. The van der Waals surface area contributed by atoms with Gasteiger partial charge in [-0.1, -0.05) is 53.5 Å². The number of halogens is 2. The van der Waals surface area contributed by atoms with Gasteiger partial charge in [-0.2, -0.15) is 0 Å². The van der Waals surface area contributed by atoms with Gasteiger partial charge in [-0.15, -0.1) is 0 Å². The molecule has 3 aromatic rings. The van der Waals surface area contributed by atoms with Crippen molar-refractivity contribution in [1.82, 2.24) is 9.97 Å². The molecule has 0 bridgehead atoms. The van der Waals surface area contributed by atoms with Gasteiger partial charge < -0.3 is 10.4 Å². The van der Waals surface area contributed by atoms with Crippen molar-refractivity contribution >= 4 is 40.7 Å². The minimum Gasteiger partial charge on any atom is -0.477 e. The van der Waals surface area contributed by atoms with E-state index in [1.54, 1.807) is 25.1 Å². The molecule has 0 fully saturated rings. The lowest BCUT2D eigenvalue weighted by atomic mass is 10.1. The summed E-state index contributed by atoms with van der Waals surface area (Å²) < 4.78 is 0. The second-order valence-electron chi connectivity index (χ2n) is 5.31. The first-order chi connectivity index (χ1) is 11.9. The minimum atomic E-state index is -1.12. The van der Waals surface area contributed by atoms with Gasteiger partial charge in [0.2, 0.25) is 0 Å². The summed E-state index contributed by atoms with van der Waals surface area (Å²) in [5.74, 6) is -0.511. The van der Waals surface area contributed by atoms with E-state index < -0.39 is 5.97 Å². The number of aromatic carboxylic acids is 1. The molecule has 5 nitrogen and oxygen atoms in total. The normalized spacial score (nSPS) is 10.5. The molecule has 0 aliphatic carbocycles. The van der Waals surface area contributed by atoms with Crippen LogP contribution in [0.4, 0.5) is 11.5 Å². The van der Waals surface area contributed by atoms with Gasteiger partial charge >= 0.3 is 5.97 Å². The van der Waals surface area contributed by atoms with E-state index in [0.717, 1.165) is 5.56 Å². The fourth-order valence-corrected chi connectivity index (χ4v) is 2.92. The van der Waals surface area contributed by atoms with E-state index in [0.29, 0.717) is 27.3 Å². The second kappa shape index (κ2) is 7.09. The molecule has 0 amide bonds. The highest BCUT2D eigenvalue weighted by molar-refractivity contribution is 6.35. The summed E-state index contributed by atoms with van der Waals surface area (Å²) in [5, 5.41) is 13.4. The van der Waals surface area contributed by atoms with Crippen LogP contribution in [0.5, 0.6) is 0 Å². The van der Waals surface area contributed by atoms with Gasteiger partial charge in [-0.3, -0.25) is 0 Å². The first kappa shape index (κ1) is 17.2. The Kier molecular flexibility index (Phi) is 4.88. The summed E-state index contributed by atoms with van der Waals surface area (Å²) in [5.41, 5.74) is 1.68.